The highest BCUT2D eigenvalue weighted by molar-refractivity contribution is 6.17. The van der Waals surface area contributed by atoms with Gasteiger partial charge < -0.3 is 0 Å². The van der Waals surface area contributed by atoms with E-state index in [1.165, 1.54) is 34.2 Å². The SMILES string of the molecule is ClCCCCc1cccc2c1Cc1ccccc1-2. The maximum absolute atomic E-state index is 5.76. The first-order valence-corrected chi connectivity index (χ1v) is 7.18. The van der Waals surface area contributed by atoms with Crippen LogP contribution in [0.4, 0.5) is 0 Å². The van der Waals surface area contributed by atoms with E-state index < -0.39 is 0 Å². The molecule has 0 saturated carbocycles. The van der Waals surface area contributed by atoms with E-state index in [0.717, 1.165) is 25.1 Å². The number of alkyl halides is 1. The molecule has 1 heteroatoms. The molecular weight excluding hydrogens is 240 g/mol. The molecule has 1 aliphatic carbocycles. The summed E-state index contributed by atoms with van der Waals surface area (Å²) in [5.74, 6) is 0.773. The minimum Gasteiger partial charge on any atom is -0.127 e. The molecule has 0 fully saturated rings. The van der Waals surface area contributed by atoms with Gasteiger partial charge in [-0.15, -0.1) is 11.6 Å². The topological polar surface area (TPSA) is 0 Å². The highest BCUT2D eigenvalue weighted by Gasteiger charge is 2.19. The molecule has 0 spiro atoms. The van der Waals surface area contributed by atoms with Crippen molar-refractivity contribution in [1.82, 2.24) is 0 Å². The van der Waals surface area contributed by atoms with Crippen LogP contribution in [0.1, 0.15) is 29.5 Å². The van der Waals surface area contributed by atoms with Gasteiger partial charge in [-0.25, -0.2) is 0 Å². The van der Waals surface area contributed by atoms with Crippen molar-refractivity contribution in [1.29, 1.82) is 0 Å². The van der Waals surface area contributed by atoms with Gasteiger partial charge in [0.1, 0.15) is 0 Å². The van der Waals surface area contributed by atoms with E-state index >= 15 is 0 Å². The van der Waals surface area contributed by atoms with Crippen LogP contribution in [0.2, 0.25) is 0 Å². The number of unbranched alkanes of at least 4 members (excludes halogenated alkanes) is 1. The molecule has 0 heterocycles. The second kappa shape index (κ2) is 5.16. The van der Waals surface area contributed by atoms with Crippen LogP contribution in [-0.2, 0) is 12.8 Å². The Morgan fingerprint density at radius 3 is 2.61 bits per heavy atom. The number of halogens is 1. The van der Waals surface area contributed by atoms with Gasteiger partial charge in [-0.3, -0.25) is 0 Å². The predicted octanol–water partition coefficient (Wildman–Crippen LogP) is 4.82. The van der Waals surface area contributed by atoms with E-state index in [4.69, 9.17) is 11.6 Å². The zero-order valence-corrected chi connectivity index (χ0v) is 11.2. The standard InChI is InChI=1S/C17H17Cl/c18-11-4-3-6-13-8-5-10-16-15-9-2-1-7-14(15)12-17(13)16/h1-2,5,7-10H,3-4,6,11-12H2. The summed E-state index contributed by atoms with van der Waals surface area (Å²) in [7, 11) is 0. The molecule has 1 aliphatic rings. The molecule has 0 N–H and O–H groups in total. The first-order chi connectivity index (χ1) is 8.90. The van der Waals surface area contributed by atoms with E-state index in [0.29, 0.717) is 0 Å². The van der Waals surface area contributed by atoms with E-state index in [9.17, 15) is 0 Å². The van der Waals surface area contributed by atoms with Gasteiger partial charge in [-0.2, -0.15) is 0 Å². The molecule has 2 aromatic rings. The number of aryl methyl sites for hydroxylation is 1. The van der Waals surface area contributed by atoms with E-state index in [1.807, 2.05) is 0 Å². The smallest absolute Gasteiger partial charge is 0.0223 e. The predicted molar refractivity (Wildman–Crippen MR) is 78.3 cm³/mol. The molecule has 2 aromatic carbocycles. The summed E-state index contributed by atoms with van der Waals surface area (Å²) in [5, 5.41) is 0. The number of fused-ring (bicyclic) bond motifs is 3. The summed E-state index contributed by atoms with van der Waals surface area (Å²) in [4.78, 5) is 0. The number of rotatable bonds is 4. The fourth-order valence-electron chi connectivity index (χ4n) is 2.87. The average Bonchev–Trinajstić information content (AvgIpc) is 2.79. The molecule has 0 radical (unpaired) electrons. The molecule has 0 aromatic heterocycles. The summed E-state index contributed by atoms with van der Waals surface area (Å²) >= 11 is 5.76. The molecular formula is C17H17Cl. The van der Waals surface area contributed by atoms with Crippen LogP contribution in [-0.4, -0.2) is 5.88 Å². The molecule has 18 heavy (non-hydrogen) atoms. The Bertz CT molecular complexity index is 557. The van der Waals surface area contributed by atoms with E-state index in [-0.39, 0.29) is 0 Å². The summed E-state index contributed by atoms with van der Waals surface area (Å²) in [5.41, 5.74) is 7.38. The minimum atomic E-state index is 0.773. The third-order valence-corrected chi connectivity index (χ3v) is 4.04. The van der Waals surface area contributed by atoms with Crippen molar-refractivity contribution in [2.24, 2.45) is 0 Å². The lowest BCUT2D eigenvalue weighted by Gasteiger charge is -2.07. The van der Waals surface area contributed by atoms with Crippen molar-refractivity contribution < 1.29 is 0 Å². The van der Waals surface area contributed by atoms with Gasteiger partial charge >= 0.3 is 0 Å². The molecule has 0 amide bonds. The van der Waals surface area contributed by atoms with Crippen molar-refractivity contribution in [3.05, 3.63) is 59.2 Å². The average molecular weight is 257 g/mol. The summed E-state index contributed by atoms with van der Waals surface area (Å²) in [6, 6.07) is 15.5. The number of hydrogen-bond acceptors (Lipinski definition) is 0. The molecule has 3 rings (SSSR count). The molecule has 0 bridgehead atoms. The second-order valence-corrected chi connectivity index (χ2v) is 5.30. The van der Waals surface area contributed by atoms with Crippen molar-refractivity contribution in [2.75, 3.05) is 5.88 Å². The number of hydrogen-bond donors (Lipinski definition) is 0. The lowest BCUT2D eigenvalue weighted by Crippen LogP contribution is -1.93. The molecule has 92 valence electrons. The molecule has 0 unspecified atom stereocenters. The quantitative estimate of drug-likeness (QED) is 0.464. The Labute approximate surface area is 114 Å². The summed E-state index contributed by atoms with van der Waals surface area (Å²) in [6.45, 7) is 0. The van der Waals surface area contributed by atoms with Gasteiger partial charge in [0.15, 0.2) is 0 Å². The van der Waals surface area contributed by atoms with Crippen LogP contribution in [0.15, 0.2) is 42.5 Å². The van der Waals surface area contributed by atoms with Crippen LogP contribution in [0.25, 0.3) is 11.1 Å². The van der Waals surface area contributed by atoms with Crippen molar-refractivity contribution in [3.8, 4) is 11.1 Å². The molecule has 0 saturated heterocycles. The number of benzene rings is 2. The lowest BCUT2D eigenvalue weighted by molar-refractivity contribution is 0.794. The maximum Gasteiger partial charge on any atom is 0.0223 e. The van der Waals surface area contributed by atoms with Crippen molar-refractivity contribution in [2.45, 2.75) is 25.7 Å². The Kier molecular flexibility index (Phi) is 3.38. The zero-order valence-electron chi connectivity index (χ0n) is 10.5. The second-order valence-electron chi connectivity index (χ2n) is 4.92. The third-order valence-electron chi connectivity index (χ3n) is 3.78. The van der Waals surface area contributed by atoms with Crippen LogP contribution in [0, 0.1) is 0 Å². The van der Waals surface area contributed by atoms with Crippen LogP contribution < -0.4 is 0 Å². The molecule has 0 aliphatic heterocycles. The summed E-state index contributed by atoms with van der Waals surface area (Å²) < 4.78 is 0. The van der Waals surface area contributed by atoms with Gasteiger partial charge in [0.25, 0.3) is 0 Å². The Morgan fingerprint density at radius 2 is 1.72 bits per heavy atom. The van der Waals surface area contributed by atoms with Gasteiger partial charge in [-0.1, -0.05) is 42.5 Å². The normalized spacial score (nSPS) is 12.3. The van der Waals surface area contributed by atoms with Crippen LogP contribution in [0.3, 0.4) is 0 Å². The van der Waals surface area contributed by atoms with Crippen molar-refractivity contribution >= 4 is 11.6 Å². The third kappa shape index (κ3) is 2.06. The molecule has 0 nitrogen and oxygen atoms in total. The zero-order chi connectivity index (χ0) is 12.4. The molecule has 0 atom stereocenters. The first kappa shape index (κ1) is 11.8. The van der Waals surface area contributed by atoms with Crippen LogP contribution in [0.5, 0.6) is 0 Å². The van der Waals surface area contributed by atoms with Gasteiger partial charge in [0.05, 0.1) is 0 Å². The highest BCUT2D eigenvalue weighted by atomic mass is 35.5. The monoisotopic (exact) mass is 256 g/mol. The first-order valence-electron chi connectivity index (χ1n) is 6.65. The van der Waals surface area contributed by atoms with Gasteiger partial charge in [0, 0.05) is 5.88 Å². The Morgan fingerprint density at radius 1 is 0.889 bits per heavy atom. The lowest BCUT2D eigenvalue weighted by atomic mass is 9.97. The Hall–Kier alpha value is -1.27. The van der Waals surface area contributed by atoms with Gasteiger partial charge in [0.2, 0.25) is 0 Å². The van der Waals surface area contributed by atoms with Crippen LogP contribution >= 0.6 is 11.6 Å². The fourth-order valence-corrected chi connectivity index (χ4v) is 3.06. The fraction of sp³-hybridized carbons (Fsp3) is 0.294. The minimum absolute atomic E-state index is 0.773. The largest absolute Gasteiger partial charge is 0.127 e. The van der Waals surface area contributed by atoms with Gasteiger partial charge in [-0.05, 0) is 53.5 Å². The summed E-state index contributed by atoms with van der Waals surface area (Å²) in [6.07, 6.45) is 4.56. The maximum atomic E-state index is 5.76. The van der Waals surface area contributed by atoms with E-state index in [2.05, 4.69) is 42.5 Å². The van der Waals surface area contributed by atoms with Crippen molar-refractivity contribution in [3.63, 3.8) is 0 Å². The highest BCUT2D eigenvalue weighted by Crippen LogP contribution is 2.38. The Balaban J connectivity index is 1.93. The van der Waals surface area contributed by atoms with E-state index in [1.54, 1.807) is 0 Å².